The highest BCUT2D eigenvalue weighted by Crippen LogP contribution is 2.41. The molecule has 3 heteroatoms. The van der Waals surface area contributed by atoms with Crippen LogP contribution in [0.2, 0.25) is 0 Å². The second-order valence-electron chi connectivity index (χ2n) is 5.44. The minimum Gasteiger partial charge on any atom is -0.497 e. The molecule has 1 aliphatic carbocycles. The first-order chi connectivity index (χ1) is 9.58. The second-order valence-corrected chi connectivity index (χ2v) is 5.44. The van der Waals surface area contributed by atoms with Gasteiger partial charge in [0.15, 0.2) is 0 Å². The van der Waals surface area contributed by atoms with Gasteiger partial charge < -0.3 is 9.84 Å². The Morgan fingerprint density at radius 3 is 2.50 bits per heavy atom. The molecule has 2 rings (SSSR count). The minimum absolute atomic E-state index is 0.166. The summed E-state index contributed by atoms with van der Waals surface area (Å²) in [5, 5.41) is 9.30. The maximum Gasteiger partial charge on any atom is 0.307 e. The van der Waals surface area contributed by atoms with Crippen LogP contribution in [-0.2, 0) is 4.79 Å². The molecular weight excluding hydrogens is 252 g/mol. The van der Waals surface area contributed by atoms with Crippen molar-refractivity contribution in [1.82, 2.24) is 0 Å². The Labute approximate surface area is 120 Å². The van der Waals surface area contributed by atoms with Crippen molar-refractivity contribution < 1.29 is 14.6 Å². The lowest BCUT2D eigenvalue weighted by Crippen LogP contribution is -2.30. The van der Waals surface area contributed by atoms with Crippen molar-refractivity contribution in [1.29, 1.82) is 0 Å². The van der Waals surface area contributed by atoms with E-state index in [4.69, 9.17) is 4.74 Å². The molecular formula is C17H22O3. The fourth-order valence-electron chi connectivity index (χ4n) is 3.22. The van der Waals surface area contributed by atoms with Gasteiger partial charge in [-0.15, -0.1) is 0 Å². The van der Waals surface area contributed by atoms with Crippen LogP contribution in [0.5, 0.6) is 5.75 Å². The molecule has 3 unspecified atom stereocenters. The van der Waals surface area contributed by atoms with Gasteiger partial charge >= 0.3 is 5.97 Å². The van der Waals surface area contributed by atoms with Crippen LogP contribution >= 0.6 is 0 Å². The molecule has 0 heterocycles. The van der Waals surface area contributed by atoms with Crippen molar-refractivity contribution in [3.8, 4) is 5.75 Å². The van der Waals surface area contributed by atoms with Gasteiger partial charge in [-0.2, -0.15) is 0 Å². The highest BCUT2D eigenvalue weighted by atomic mass is 16.5. The third-order valence-electron chi connectivity index (χ3n) is 4.44. The molecule has 1 aromatic carbocycles. The van der Waals surface area contributed by atoms with Gasteiger partial charge in [0.05, 0.1) is 13.0 Å². The standard InChI is InChI=1S/C17H22O3/c1-4-14-11(2)15(17(18)19)9-10-16(14)12-5-7-13(20-3)8-6-12/h5-8,10-11,14-15H,4,9H2,1-3H3,(H,18,19). The summed E-state index contributed by atoms with van der Waals surface area (Å²) in [5.41, 5.74) is 2.45. The van der Waals surface area contributed by atoms with Crippen LogP contribution in [0.15, 0.2) is 30.3 Å². The van der Waals surface area contributed by atoms with Gasteiger partial charge in [-0.25, -0.2) is 0 Å². The number of ether oxygens (including phenoxy) is 1. The molecule has 1 aromatic rings. The van der Waals surface area contributed by atoms with Gasteiger partial charge in [-0.1, -0.05) is 32.1 Å². The van der Waals surface area contributed by atoms with Crippen molar-refractivity contribution in [2.75, 3.05) is 7.11 Å². The fraction of sp³-hybridized carbons (Fsp3) is 0.471. The first-order valence-electron chi connectivity index (χ1n) is 7.15. The quantitative estimate of drug-likeness (QED) is 0.907. The lowest BCUT2D eigenvalue weighted by Gasteiger charge is -2.34. The van der Waals surface area contributed by atoms with E-state index in [-0.39, 0.29) is 11.8 Å². The van der Waals surface area contributed by atoms with E-state index in [9.17, 15) is 9.90 Å². The topological polar surface area (TPSA) is 46.5 Å². The van der Waals surface area contributed by atoms with Gasteiger partial charge in [0.1, 0.15) is 5.75 Å². The summed E-state index contributed by atoms with van der Waals surface area (Å²) in [5.74, 6) is 0.371. The summed E-state index contributed by atoms with van der Waals surface area (Å²) in [6.45, 7) is 4.19. The molecule has 0 bridgehead atoms. The maximum atomic E-state index is 11.3. The summed E-state index contributed by atoms with van der Waals surface area (Å²) in [7, 11) is 1.66. The van der Waals surface area contributed by atoms with Crippen molar-refractivity contribution in [3.63, 3.8) is 0 Å². The van der Waals surface area contributed by atoms with Crippen LogP contribution in [0.25, 0.3) is 5.57 Å². The highest BCUT2D eigenvalue weighted by molar-refractivity contribution is 5.75. The number of methoxy groups -OCH3 is 1. The molecule has 0 radical (unpaired) electrons. The van der Waals surface area contributed by atoms with Crippen LogP contribution in [0.4, 0.5) is 0 Å². The van der Waals surface area contributed by atoms with E-state index < -0.39 is 5.97 Å². The fourth-order valence-corrected chi connectivity index (χ4v) is 3.22. The van der Waals surface area contributed by atoms with Crippen molar-refractivity contribution in [3.05, 3.63) is 35.9 Å². The SMILES string of the molecule is CCC1C(c2ccc(OC)cc2)=CCC(C(=O)O)C1C. The number of aliphatic carboxylic acids is 1. The molecule has 0 fully saturated rings. The van der Waals surface area contributed by atoms with E-state index in [1.165, 1.54) is 11.1 Å². The molecule has 108 valence electrons. The maximum absolute atomic E-state index is 11.3. The average Bonchev–Trinajstić information content (AvgIpc) is 2.46. The Morgan fingerprint density at radius 2 is 2.00 bits per heavy atom. The zero-order chi connectivity index (χ0) is 14.7. The zero-order valence-electron chi connectivity index (χ0n) is 12.3. The van der Waals surface area contributed by atoms with Crippen LogP contribution in [0.1, 0.15) is 32.3 Å². The molecule has 0 spiro atoms. The van der Waals surface area contributed by atoms with Crippen molar-refractivity contribution >= 4 is 11.5 Å². The molecule has 1 aliphatic rings. The monoisotopic (exact) mass is 274 g/mol. The van der Waals surface area contributed by atoms with Gasteiger partial charge in [0.25, 0.3) is 0 Å². The summed E-state index contributed by atoms with van der Waals surface area (Å²) in [6, 6.07) is 8.02. The van der Waals surface area contributed by atoms with E-state index >= 15 is 0 Å². The van der Waals surface area contributed by atoms with Crippen molar-refractivity contribution in [2.45, 2.75) is 26.7 Å². The number of benzene rings is 1. The van der Waals surface area contributed by atoms with Crippen LogP contribution in [0.3, 0.4) is 0 Å². The molecule has 0 saturated heterocycles. The number of allylic oxidation sites excluding steroid dienone is 2. The van der Waals surface area contributed by atoms with Gasteiger partial charge in [-0.3, -0.25) is 4.79 Å². The summed E-state index contributed by atoms with van der Waals surface area (Å²) >= 11 is 0. The van der Waals surface area contributed by atoms with Crippen molar-refractivity contribution in [2.24, 2.45) is 17.8 Å². The number of rotatable bonds is 4. The molecule has 0 aromatic heterocycles. The van der Waals surface area contributed by atoms with Gasteiger partial charge in [-0.05, 0) is 47.9 Å². The number of hydrogen-bond acceptors (Lipinski definition) is 2. The summed E-state index contributed by atoms with van der Waals surface area (Å²) in [6.07, 6.45) is 3.69. The summed E-state index contributed by atoms with van der Waals surface area (Å²) < 4.78 is 5.18. The first-order valence-corrected chi connectivity index (χ1v) is 7.15. The summed E-state index contributed by atoms with van der Waals surface area (Å²) in [4.78, 5) is 11.3. The number of carbonyl (C=O) groups is 1. The Bertz CT molecular complexity index is 501. The molecule has 0 saturated carbocycles. The Morgan fingerprint density at radius 1 is 1.35 bits per heavy atom. The Balaban J connectivity index is 2.31. The number of carboxylic acids is 1. The van der Waals surface area contributed by atoms with E-state index in [1.54, 1.807) is 7.11 Å². The normalized spacial score (nSPS) is 25.9. The van der Waals surface area contributed by atoms with Crippen LogP contribution < -0.4 is 4.74 Å². The van der Waals surface area contributed by atoms with E-state index in [2.05, 4.69) is 32.1 Å². The predicted molar refractivity (Wildman–Crippen MR) is 79.7 cm³/mol. The van der Waals surface area contributed by atoms with E-state index in [0.717, 1.165) is 12.2 Å². The lowest BCUT2D eigenvalue weighted by molar-refractivity contribution is -0.144. The number of carboxylic acid groups (broad SMARTS) is 1. The molecule has 20 heavy (non-hydrogen) atoms. The lowest BCUT2D eigenvalue weighted by atomic mass is 9.70. The Hall–Kier alpha value is -1.77. The largest absolute Gasteiger partial charge is 0.497 e. The number of hydrogen-bond donors (Lipinski definition) is 1. The minimum atomic E-state index is -0.680. The third-order valence-corrected chi connectivity index (χ3v) is 4.44. The van der Waals surface area contributed by atoms with Crippen LogP contribution in [0, 0.1) is 17.8 Å². The molecule has 0 aliphatic heterocycles. The Kier molecular flexibility index (Phi) is 4.48. The van der Waals surface area contributed by atoms with Crippen LogP contribution in [-0.4, -0.2) is 18.2 Å². The smallest absolute Gasteiger partial charge is 0.307 e. The molecule has 3 nitrogen and oxygen atoms in total. The predicted octanol–water partition coefficient (Wildman–Crippen LogP) is 3.85. The molecule has 1 N–H and O–H groups in total. The average molecular weight is 274 g/mol. The first kappa shape index (κ1) is 14.6. The second kappa shape index (κ2) is 6.12. The molecule has 0 amide bonds. The van der Waals surface area contributed by atoms with E-state index in [1.807, 2.05) is 12.1 Å². The third kappa shape index (κ3) is 2.72. The highest BCUT2D eigenvalue weighted by Gasteiger charge is 2.35. The molecule has 3 atom stereocenters. The van der Waals surface area contributed by atoms with Gasteiger partial charge in [0, 0.05) is 0 Å². The van der Waals surface area contributed by atoms with Gasteiger partial charge in [0.2, 0.25) is 0 Å². The van der Waals surface area contributed by atoms with E-state index in [0.29, 0.717) is 12.3 Å². The zero-order valence-corrected chi connectivity index (χ0v) is 12.3.